The van der Waals surface area contributed by atoms with Crippen LogP contribution in [0.25, 0.3) is 0 Å². The average molecular weight is 196 g/mol. The van der Waals surface area contributed by atoms with Gasteiger partial charge in [-0.05, 0) is 19.9 Å². The molecule has 0 aliphatic rings. The SMILES string of the molecule is Cc1cc(C)n(C(=O)CCC(=O)O)n1. The van der Waals surface area contributed by atoms with Crippen LogP contribution in [0.15, 0.2) is 6.07 Å². The Morgan fingerprint density at radius 1 is 1.43 bits per heavy atom. The molecule has 0 atom stereocenters. The maximum Gasteiger partial charge on any atom is 0.303 e. The van der Waals surface area contributed by atoms with Crippen molar-refractivity contribution in [1.29, 1.82) is 0 Å². The van der Waals surface area contributed by atoms with Gasteiger partial charge in [-0.15, -0.1) is 0 Å². The van der Waals surface area contributed by atoms with Crippen molar-refractivity contribution in [2.45, 2.75) is 26.7 Å². The Kier molecular flexibility index (Phi) is 3.01. The number of hydrogen-bond acceptors (Lipinski definition) is 3. The van der Waals surface area contributed by atoms with Gasteiger partial charge in [0.25, 0.3) is 0 Å². The number of aliphatic carboxylic acids is 1. The molecule has 1 aromatic rings. The molecule has 76 valence electrons. The lowest BCUT2D eigenvalue weighted by atomic mass is 10.3. The fourth-order valence-electron chi connectivity index (χ4n) is 1.20. The van der Waals surface area contributed by atoms with E-state index in [9.17, 15) is 9.59 Å². The van der Waals surface area contributed by atoms with Crippen molar-refractivity contribution in [2.24, 2.45) is 0 Å². The van der Waals surface area contributed by atoms with Crippen LogP contribution in [0.3, 0.4) is 0 Å². The number of carbonyl (C=O) groups excluding carboxylic acids is 1. The molecule has 0 fully saturated rings. The van der Waals surface area contributed by atoms with Crippen molar-refractivity contribution in [2.75, 3.05) is 0 Å². The van der Waals surface area contributed by atoms with E-state index in [0.29, 0.717) is 0 Å². The van der Waals surface area contributed by atoms with Gasteiger partial charge in [0, 0.05) is 12.1 Å². The van der Waals surface area contributed by atoms with Gasteiger partial charge < -0.3 is 5.11 Å². The summed E-state index contributed by atoms with van der Waals surface area (Å²) in [6.07, 6.45) is -0.172. The fourth-order valence-corrected chi connectivity index (χ4v) is 1.20. The normalized spacial score (nSPS) is 10.1. The first-order valence-electron chi connectivity index (χ1n) is 4.29. The van der Waals surface area contributed by atoms with Gasteiger partial charge in [0.2, 0.25) is 5.91 Å². The lowest BCUT2D eigenvalue weighted by Gasteiger charge is -2.00. The molecule has 0 aliphatic heterocycles. The Morgan fingerprint density at radius 2 is 2.07 bits per heavy atom. The maximum absolute atomic E-state index is 11.4. The minimum Gasteiger partial charge on any atom is -0.481 e. The lowest BCUT2D eigenvalue weighted by Crippen LogP contribution is -2.15. The molecule has 0 aliphatic carbocycles. The quantitative estimate of drug-likeness (QED) is 0.782. The van der Waals surface area contributed by atoms with Gasteiger partial charge in [0.15, 0.2) is 0 Å². The monoisotopic (exact) mass is 196 g/mol. The van der Waals surface area contributed by atoms with Crippen molar-refractivity contribution in [3.63, 3.8) is 0 Å². The van der Waals surface area contributed by atoms with E-state index in [2.05, 4.69) is 5.10 Å². The summed E-state index contributed by atoms with van der Waals surface area (Å²) in [6.45, 7) is 3.55. The predicted octanol–water partition coefficient (Wildman–Crippen LogP) is 1.00. The molecule has 0 bridgehead atoms. The molecule has 1 heterocycles. The third-order valence-corrected chi connectivity index (χ3v) is 1.80. The molecule has 14 heavy (non-hydrogen) atoms. The summed E-state index contributed by atoms with van der Waals surface area (Å²) in [5, 5.41) is 12.4. The van der Waals surface area contributed by atoms with Crippen LogP contribution in [0.1, 0.15) is 29.0 Å². The number of nitrogens with zero attached hydrogens (tertiary/aromatic N) is 2. The second-order valence-corrected chi connectivity index (χ2v) is 3.13. The van der Waals surface area contributed by atoms with E-state index in [0.717, 1.165) is 11.4 Å². The Balaban J connectivity index is 2.69. The summed E-state index contributed by atoms with van der Waals surface area (Å²) >= 11 is 0. The highest BCUT2D eigenvalue weighted by Crippen LogP contribution is 2.04. The van der Waals surface area contributed by atoms with Crippen LogP contribution >= 0.6 is 0 Å². The predicted molar refractivity (Wildman–Crippen MR) is 49.2 cm³/mol. The second kappa shape index (κ2) is 4.04. The minimum atomic E-state index is -0.972. The van der Waals surface area contributed by atoms with E-state index in [4.69, 9.17) is 5.11 Å². The molecule has 0 saturated heterocycles. The Morgan fingerprint density at radius 3 is 2.50 bits per heavy atom. The highest BCUT2D eigenvalue weighted by molar-refractivity contribution is 5.82. The molecule has 5 nitrogen and oxygen atoms in total. The van der Waals surface area contributed by atoms with Gasteiger partial charge in [0.1, 0.15) is 0 Å². The van der Waals surface area contributed by atoms with Gasteiger partial charge in [-0.25, -0.2) is 4.68 Å². The van der Waals surface area contributed by atoms with Crippen LogP contribution in [-0.4, -0.2) is 26.8 Å². The summed E-state index contributed by atoms with van der Waals surface area (Å²) in [4.78, 5) is 21.7. The standard InChI is InChI=1S/C9H12N2O3/c1-6-5-7(2)11(10-6)8(12)3-4-9(13)14/h5H,3-4H2,1-2H3,(H,13,14). The summed E-state index contributed by atoms with van der Waals surface area (Å²) in [7, 11) is 0. The molecule has 0 saturated carbocycles. The van der Waals surface area contributed by atoms with E-state index in [-0.39, 0.29) is 18.7 Å². The van der Waals surface area contributed by atoms with Gasteiger partial charge in [0.05, 0.1) is 12.1 Å². The molecular formula is C9H12N2O3. The van der Waals surface area contributed by atoms with E-state index in [1.165, 1.54) is 4.68 Å². The van der Waals surface area contributed by atoms with E-state index in [1.54, 1.807) is 19.9 Å². The Bertz CT molecular complexity index is 368. The van der Waals surface area contributed by atoms with Crippen molar-refractivity contribution < 1.29 is 14.7 Å². The average Bonchev–Trinajstić information content (AvgIpc) is 2.41. The summed E-state index contributed by atoms with van der Waals surface area (Å²) in [5.41, 5.74) is 1.49. The zero-order valence-electron chi connectivity index (χ0n) is 8.15. The zero-order chi connectivity index (χ0) is 10.7. The molecule has 5 heteroatoms. The van der Waals surface area contributed by atoms with Gasteiger partial charge in [-0.2, -0.15) is 5.10 Å². The molecule has 0 radical (unpaired) electrons. The minimum absolute atomic E-state index is 0.0166. The van der Waals surface area contributed by atoms with Crippen LogP contribution < -0.4 is 0 Å². The van der Waals surface area contributed by atoms with E-state index in [1.807, 2.05) is 0 Å². The number of aromatic nitrogens is 2. The molecule has 0 amide bonds. The zero-order valence-corrected chi connectivity index (χ0v) is 8.15. The number of rotatable bonds is 3. The number of hydrogen-bond donors (Lipinski definition) is 1. The van der Waals surface area contributed by atoms with Crippen molar-refractivity contribution in [3.8, 4) is 0 Å². The van der Waals surface area contributed by atoms with Gasteiger partial charge >= 0.3 is 5.97 Å². The summed E-state index contributed by atoms with van der Waals surface area (Å²) in [6, 6.07) is 1.78. The van der Waals surface area contributed by atoms with Crippen LogP contribution in [0, 0.1) is 13.8 Å². The van der Waals surface area contributed by atoms with Crippen molar-refractivity contribution in [3.05, 3.63) is 17.5 Å². The number of aryl methyl sites for hydroxylation is 2. The van der Waals surface area contributed by atoms with E-state index < -0.39 is 5.97 Å². The van der Waals surface area contributed by atoms with Crippen LogP contribution in [0.4, 0.5) is 0 Å². The smallest absolute Gasteiger partial charge is 0.303 e. The van der Waals surface area contributed by atoms with Crippen molar-refractivity contribution in [1.82, 2.24) is 9.78 Å². The first-order valence-corrected chi connectivity index (χ1v) is 4.29. The number of carboxylic acids is 1. The summed E-state index contributed by atoms with van der Waals surface area (Å²) in [5.74, 6) is -1.25. The summed E-state index contributed by atoms with van der Waals surface area (Å²) < 4.78 is 1.25. The van der Waals surface area contributed by atoms with Crippen LogP contribution in [-0.2, 0) is 4.79 Å². The third kappa shape index (κ3) is 2.42. The molecule has 1 rings (SSSR count). The van der Waals surface area contributed by atoms with Crippen LogP contribution in [0.2, 0.25) is 0 Å². The fraction of sp³-hybridized carbons (Fsp3) is 0.444. The van der Waals surface area contributed by atoms with E-state index >= 15 is 0 Å². The third-order valence-electron chi connectivity index (χ3n) is 1.80. The Hall–Kier alpha value is -1.65. The second-order valence-electron chi connectivity index (χ2n) is 3.13. The largest absolute Gasteiger partial charge is 0.481 e. The maximum atomic E-state index is 11.4. The molecule has 0 spiro atoms. The first-order chi connectivity index (χ1) is 6.50. The molecule has 0 unspecified atom stereocenters. The first kappa shape index (κ1) is 10.4. The number of carboxylic acid groups (broad SMARTS) is 1. The molecule has 1 N–H and O–H groups in total. The highest BCUT2D eigenvalue weighted by Gasteiger charge is 2.11. The molecule has 1 aromatic heterocycles. The number of carbonyl (C=O) groups is 2. The topological polar surface area (TPSA) is 72.2 Å². The van der Waals surface area contributed by atoms with Crippen molar-refractivity contribution >= 4 is 11.9 Å². The van der Waals surface area contributed by atoms with Gasteiger partial charge in [-0.1, -0.05) is 0 Å². The lowest BCUT2D eigenvalue weighted by molar-refractivity contribution is -0.137. The molecule has 0 aromatic carbocycles. The highest BCUT2D eigenvalue weighted by atomic mass is 16.4. The molecular weight excluding hydrogens is 184 g/mol. The van der Waals surface area contributed by atoms with Gasteiger partial charge in [-0.3, -0.25) is 9.59 Å². The Labute approximate surface area is 81.3 Å². The van der Waals surface area contributed by atoms with Crippen LogP contribution in [0.5, 0.6) is 0 Å².